The quantitative estimate of drug-likeness (QED) is 0.616. The smallest absolute Gasteiger partial charge is 0.133 e. The number of hydrogen-bond donors (Lipinski definition) is 1. The summed E-state index contributed by atoms with van der Waals surface area (Å²) in [7, 11) is 0. The topological polar surface area (TPSA) is 29.1 Å². The Kier molecular flexibility index (Phi) is 2.66. The fraction of sp³-hybridized carbons (Fsp3) is 0.889. The Labute approximate surface area is 68.4 Å². The SMILES string of the molecule is CC(=O)C1CC(C)NCC1C. The average Bonchev–Trinajstić information content (AvgIpc) is 1.94. The van der Waals surface area contributed by atoms with Crippen molar-refractivity contribution >= 4 is 5.78 Å². The molecule has 64 valence electrons. The number of hydrogen-bond acceptors (Lipinski definition) is 2. The van der Waals surface area contributed by atoms with E-state index >= 15 is 0 Å². The van der Waals surface area contributed by atoms with Crippen molar-refractivity contribution in [2.24, 2.45) is 11.8 Å². The summed E-state index contributed by atoms with van der Waals surface area (Å²) >= 11 is 0. The first kappa shape index (κ1) is 8.72. The average molecular weight is 155 g/mol. The fourth-order valence-corrected chi connectivity index (χ4v) is 1.79. The molecule has 2 heteroatoms. The molecule has 0 aromatic carbocycles. The molecular formula is C9H17NO. The van der Waals surface area contributed by atoms with Crippen LogP contribution < -0.4 is 5.32 Å². The van der Waals surface area contributed by atoms with Gasteiger partial charge in [0, 0.05) is 12.0 Å². The molecule has 1 heterocycles. The zero-order valence-electron chi connectivity index (χ0n) is 7.55. The lowest BCUT2D eigenvalue weighted by Crippen LogP contribution is -2.43. The van der Waals surface area contributed by atoms with Crippen molar-refractivity contribution in [2.75, 3.05) is 6.54 Å². The van der Waals surface area contributed by atoms with Gasteiger partial charge in [0.15, 0.2) is 0 Å². The standard InChI is InChI=1S/C9H17NO/c1-6-5-10-7(2)4-9(6)8(3)11/h6-7,9-10H,4-5H2,1-3H3. The van der Waals surface area contributed by atoms with Crippen LogP contribution >= 0.6 is 0 Å². The molecule has 0 aromatic rings. The molecule has 0 aromatic heterocycles. The van der Waals surface area contributed by atoms with E-state index in [1.165, 1.54) is 0 Å². The summed E-state index contributed by atoms with van der Waals surface area (Å²) in [4.78, 5) is 11.1. The number of Topliss-reactive ketones (excluding diaryl/α,β-unsaturated/α-hetero) is 1. The molecule has 1 fully saturated rings. The third-order valence-electron chi connectivity index (χ3n) is 2.60. The van der Waals surface area contributed by atoms with Crippen LogP contribution in [0.2, 0.25) is 0 Å². The molecule has 3 unspecified atom stereocenters. The molecule has 11 heavy (non-hydrogen) atoms. The summed E-state index contributed by atoms with van der Waals surface area (Å²) in [5.74, 6) is 1.17. The molecule has 0 saturated carbocycles. The molecule has 0 bridgehead atoms. The molecule has 2 nitrogen and oxygen atoms in total. The molecule has 1 aliphatic heterocycles. The second-order valence-corrected chi connectivity index (χ2v) is 3.74. The second-order valence-electron chi connectivity index (χ2n) is 3.74. The Bertz CT molecular complexity index is 156. The molecule has 0 radical (unpaired) electrons. The van der Waals surface area contributed by atoms with Crippen molar-refractivity contribution in [1.29, 1.82) is 0 Å². The van der Waals surface area contributed by atoms with Gasteiger partial charge in [0.05, 0.1) is 0 Å². The maximum absolute atomic E-state index is 11.1. The lowest BCUT2D eigenvalue weighted by atomic mass is 9.82. The minimum atomic E-state index is 0.297. The monoisotopic (exact) mass is 155 g/mol. The van der Waals surface area contributed by atoms with Crippen LogP contribution in [-0.4, -0.2) is 18.4 Å². The van der Waals surface area contributed by atoms with Gasteiger partial charge in [0.2, 0.25) is 0 Å². The molecule has 1 N–H and O–H groups in total. The predicted molar refractivity (Wildman–Crippen MR) is 45.4 cm³/mol. The summed E-state index contributed by atoms with van der Waals surface area (Å²) < 4.78 is 0. The van der Waals surface area contributed by atoms with Gasteiger partial charge in [-0.1, -0.05) is 6.92 Å². The third kappa shape index (κ3) is 2.03. The first-order valence-electron chi connectivity index (χ1n) is 4.35. The molecule has 1 saturated heterocycles. The normalized spacial score (nSPS) is 38.6. The Morgan fingerprint density at radius 1 is 1.45 bits per heavy atom. The van der Waals surface area contributed by atoms with Gasteiger partial charge in [-0.05, 0) is 32.7 Å². The number of piperidine rings is 1. The largest absolute Gasteiger partial charge is 0.314 e. The maximum Gasteiger partial charge on any atom is 0.133 e. The van der Waals surface area contributed by atoms with Crippen LogP contribution in [0.4, 0.5) is 0 Å². The van der Waals surface area contributed by atoms with Crippen molar-refractivity contribution in [3.8, 4) is 0 Å². The maximum atomic E-state index is 11.1. The van der Waals surface area contributed by atoms with Gasteiger partial charge >= 0.3 is 0 Å². The molecule has 0 amide bonds. The minimum absolute atomic E-state index is 0.297. The Morgan fingerprint density at radius 2 is 2.09 bits per heavy atom. The van der Waals surface area contributed by atoms with E-state index in [0.717, 1.165) is 13.0 Å². The van der Waals surface area contributed by atoms with E-state index in [-0.39, 0.29) is 0 Å². The minimum Gasteiger partial charge on any atom is -0.314 e. The molecule has 0 spiro atoms. The van der Waals surface area contributed by atoms with Gasteiger partial charge in [-0.2, -0.15) is 0 Å². The highest BCUT2D eigenvalue weighted by Gasteiger charge is 2.27. The summed E-state index contributed by atoms with van der Waals surface area (Å²) in [5, 5.41) is 3.36. The Balaban J connectivity index is 2.54. The van der Waals surface area contributed by atoms with Crippen molar-refractivity contribution in [3.05, 3.63) is 0 Å². The molecular weight excluding hydrogens is 138 g/mol. The molecule has 0 aliphatic carbocycles. The first-order chi connectivity index (χ1) is 5.11. The van der Waals surface area contributed by atoms with Crippen molar-refractivity contribution in [2.45, 2.75) is 33.2 Å². The highest BCUT2D eigenvalue weighted by Crippen LogP contribution is 2.22. The van der Waals surface area contributed by atoms with Gasteiger partial charge in [0.25, 0.3) is 0 Å². The lowest BCUT2D eigenvalue weighted by molar-refractivity contribution is -0.123. The van der Waals surface area contributed by atoms with E-state index in [2.05, 4.69) is 19.2 Å². The third-order valence-corrected chi connectivity index (χ3v) is 2.60. The summed E-state index contributed by atoms with van der Waals surface area (Å²) in [5.41, 5.74) is 0. The van der Waals surface area contributed by atoms with Crippen LogP contribution in [0.1, 0.15) is 27.2 Å². The number of ketones is 1. The van der Waals surface area contributed by atoms with Crippen molar-refractivity contribution in [3.63, 3.8) is 0 Å². The lowest BCUT2D eigenvalue weighted by Gasteiger charge is -2.31. The zero-order chi connectivity index (χ0) is 8.43. The van der Waals surface area contributed by atoms with Gasteiger partial charge in [0.1, 0.15) is 5.78 Å². The Hall–Kier alpha value is -0.370. The Morgan fingerprint density at radius 3 is 2.55 bits per heavy atom. The van der Waals surface area contributed by atoms with E-state index in [4.69, 9.17) is 0 Å². The van der Waals surface area contributed by atoms with Crippen molar-refractivity contribution in [1.82, 2.24) is 5.32 Å². The molecule has 1 rings (SSSR count). The van der Waals surface area contributed by atoms with Crippen molar-refractivity contribution < 1.29 is 4.79 Å². The van der Waals surface area contributed by atoms with Crippen LogP contribution in [0, 0.1) is 11.8 Å². The van der Waals surface area contributed by atoms with Crippen LogP contribution in [0.25, 0.3) is 0 Å². The van der Waals surface area contributed by atoms with Crippen LogP contribution in [0.15, 0.2) is 0 Å². The van der Waals surface area contributed by atoms with Crippen LogP contribution in [-0.2, 0) is 4.79 Å². The van der Waals surface area contributed by atoms with E-state index in [0.29, 0.717) is 23.7 Å². The van der Waals surface area contributed by atoms with E-state index in [9.17, 15) is 4.79 Å². The van der Waals surface area contributed by atoms with Gasteiger partial charge in [-0.25, -0.2) is 0 Å². The fourth-order valence-electron chi connectivity index (χ4n) is 1.79. The molecule has 3 atom stereocenters. The number of carbonyl (C=O) groups is 1. The predicted octanol–water partition coefficient (Wildman–Crippen LogP) is 1.21. The van der Waals surface area contributed by atoms with E-state index < -0.39 is 0 Å². The zero-order valence-corrected chi connectivity index (χ0v) is 7.55. The highest BCUT2D eigenvalue weighted by molar-refractivity contribution is 5.78. The summed E-state index contributed by atoms with van der Waals surface area (Å²) in [6, 6.07) is 0.514. The second kappa shape index (κ2) is 3.35. The van der Waals surface area contributed by atoms with Crippen LogP contribution in [0.3, 0.4) is 0 Å². The highest BCUT2D eigenvalue weighted by atomic mass is 16.1. The van der Waals surface area contributed by atoms with Gasteiger partial charge in [-0.15, -0.1) is 0 Å². The number of carbonyl (C=O) groups excluding carboxylic acids is 1. The summed E-state index contributed by atoms with van der Waals surface area (Å²) in [6.45, 7) is 6.98. The van der Waals surface area contributed by atoms with E-state index in [1.54, 1.807) is 6.92 Å². The van der Waals surface area contributed by atoms with Gasteiger partial charge < -0.3 is 5.32 Å². The number of rotatable bonds is 1. The van der Waals surface area contributed by atoms with Crippen LogP contribution in [0.5, 0.6) is 0 Å². The summed E-state index contributed by atoms with van der Waals surface area (Å²) in [6.07, 6.45) is 1.01. The molecule has 1 aliphatic rings. The number of nitrogens with one attached hydrogen (secondary N) is 1. The van der Waals surface area contributed by atoms with E-state index in [1.807, 2.05) is 0 Å². The first-order valence-corrected chi connectivity index (χ1v) is 4.35. The van der Waals surface area contributed by atoms with Gasteiger partial charge in [-0.3, -0.25) is 4.79 Å².